The number of hydrogen-bond donors (Lipinski definition) is 2. The van der Waals surface area contributed by atoms with E-state index in [1.54, 1.807) is 12.1 Å². The monoisotopic (exact) mass is 298 g/mol. The Kier molecular flexibility index (Phi) is 3.39. The quantitative estimate of drug-likeness (QED) is 0.834. The van der Waals surface area contributed by atoms with Crippen molar-refractivity contribution in [2.75, 3.05) is 12.3 Å². The molecule has 3 heteroatoms. The van der Waals surface area contributed by atoms with E-state index in [0.29, 0.717) is 16.7 Å². The summed E-state index contributed by atoms with van der Waals surface area (Å²) in [5.74, 6) is 2.91. The summed E-state index contributed by atoms with van der Waals surface area (Å²) >= 11 is 0. The van der Waals surface area contributed by atoms with Crippen LogP contribution in [-0.4, -0.2) is 12.5 Å². The van der Waals surface area contributed by atoms with Crippen LogP contribution in [0.25, 0.3) is 0 Å². The van der Waals surface area contributed by atoms with Gasteiger partial charge >= 0.3 is 0 Å². The van der Waals surface area contributed by atoms with Gasteiger partial charge in [-0.15, -0.1) is 0 Å². The molecule has 0 aromatic heterocycles. The second kappa shape index (κ2) is 5.29. The van der Waals surface area contributed by atoms with Crippen molar-refractivity contribution in [1.82, 2.24) is 5.32 Å². The van der Waals surface area contributed by atoms with Gasteiger partial charge in [-0.3, -0.25) is 4.79 Å². The molecule has 4 saturated carbocycles. The maximum atomic E-state index is 12.3. The zero-order valence-corrected chi connectivity index (χ0v) is 13.2. The van der Waals surface area contributed by atoms with Crippen LogP contribution < -0.4 is 11.1 Å². The van der Waals surface area contributed by atoms with Crippen molar-refractivity contribution in [3.63, 3.8) is 0 Å². The van der Waals surface area contributed by atoms with Crippen molar-refractivity contribution in [2.45, 2.75) is 44.9 Å². The number of amides is 1. The smallest absolute Gasteiger partial charge is 0.253 e. The maximum Gasteiger partial charge on any atom is 0.253 e. The van der Waals surface area contributed by atoms with Gasteiger partial charge < -0.3 is 11.1 Å². The average Bonchev–Trinajstić information content (AvgIpc) is 2.46. The van der Waals surface area contributed by atoms with Crippen LogP contribution in [0.2, 0.25) is 0 Å². The fourth-order valence-corrected chi connectivity index (χ4v) is 5.84. The standard InChI is InChI=1S/C19H26N2O/c20-17-4-2-1-3-16(17)18(22)21-6-5-19-10-13-7-14(11-19)9-15(8-13)12-19/h1-4,13-15H,5-12,20H2,(H,21,22). The molecule has 4 bridgehead atoms. The van der Waals surface area contributed by atoms with Crippen molar-refractivity contribution in [3.05, 3.63) is 29.8 Å². The normalized spacial score (nSPS) is 35.5. The average molecular weight is 298 g/mol. The van der Waals surface area contributed by atoms with E-state index in [9.17, 15) is 4.79 Å². The third-order valence-electron chi connectivity index (χ3n) is 6.31. The van der Waals surface area contributed by atoms with Gasteiger partial charge in [0.1, 0.15) is 0 Å². The van der Waals surface area contributed by atoms with Gasteiger partial charge in [-0.05, 0) is 80.2 Å². The molecule has 118 valence electrons. The summed E-state index contributed by atoms with van der Waals surface area (Å²) in [5.41, 5.74) is 7.58. The highest BCUT2D eigenvalue weighted by Crippen LogP contribution is 2.61. The second-order valence-corrected chi connectivity index (χ2v) is 8.01. The molecule has 0 atom stereocenters. The molecule has 0 aliphatic heterocycles. The Morgan fingerprint density at radius 1 is 1.09 bits per heavy atom. The predicted octanol–water partition coefficient (Wildman–Crippen LogP) is 3.61. The first kappa shape index (κ1) is 14.1. The molecule has 5 rings (SSSR count). The summed E-state index contributed by atoms with van der Waals surface area (Å²) in [4.78, 5) is 12.3. The van der Waals surface area contributed by atoms with Gasteiger partial charge in [0.25, 0.3) is 5.91 Å². The lowest BCUT2D eigenvalue weighted by Crippen LogP contribution is -2.47. The minimum absolute atomic E-state index is 0.0252. The minimum Gasteiger partial charge on any atom is -0.398 e. The molecule has 0 saturated heterocycles. The molecule has 1 amide bonds. The number of hydrogen-bond acceptors (Lipinski definition) is 2. The van der Waals surface area contributed by atoms with Gasteiger partial charge in [-0.1, -0.05) is 12.1 Å². The molecule has 22 heavy (non-hydrogen) atoms. The van der Waals surface area contributed by atoms with E-state index in [2.05, 4.69) is 5.32 Å². The first-order chi connectivity index (χ1) is 10.6. The van der Waals surface area contributed by atoms with Crippen LogP contribution in [0, 0.1) is 23.2 Å². The van der Waals surface area contributed by atoms with Crippen LogP contribution in [0.3, 0.4) is 0 Å². The molecule has 0 heterocycles. The summed E-state index contributed by atoms with van der Waals surface area (Å²) in [5, 5.41) is 3.10. The number of anilines is 1. The Balaban J connectivity index is 1.36. The van der Waals surface area contributed by atoms with Gasteiger partial charge in [-0.2, -0.15) is 0 Å². The highest BCUT2D eigenvalue weighted by atomic mass is 16.1. The van der Waals surface area contributed by atoms with Crippen molar-refractivity contribution in [1.29, 1.82) is 0 Å². The summed E-state index contributed by atoms with van der Waals surface area (Å²) < 4.78 is 0. The summed E-state index contributed by atoms with van der Waals surface area (Å²) in [6.45, 7) is 0.791. The molecule has 0 radical (unpaired) electrons. The van der Waals surface area contributed by atoms with E-state index in [-0.39, 0.29) is 5.91 Å². The zero-order chi connectivity index (χ0) is 15.2. The first-order valence-corrected chi connectivity index (χ1v) is 8.76. The van der Waals surface area contributed by atoms with E-state index in [1.165, 1.54) is 38.5 Å². The largest absolute Gasteiger partial charge is 0.398 e. The Hall–Kier alpha value is -1.51. The zero-order valence-electron chi connectivity index (χ0n) is 13.2. The second-order valence-electron chi connectivity index (χ2n) is 8.01. The number of nitrogen functional groups attached to an aromatic ring is 1. The molecule has 3 N–H and O–H groups in total. The Morgan fingerprint density at radius 2 is 1.68 bits per heavy atom. The third-order valence-corrected chi connectivity index (χ3v) is 6.31. The van der Waals surface area contributed by atoms with E-state index in [1.807, 2.05) is 12.1 Å². The summed E-state index contributed by atoms with van der Waals surface area (Å²) in [7, 11) is 0. The molecule has 1 aromatic rings. The molecule has 0 spiro atoms. The Morgan fingerprint density at radius 3 is 2.27 bits per heavy atom. The van der Waals surface area contributed by atoms with Gasteiger partial charge in [0.05, 0.1) is 5.56 Å². The number of carbonyl (C=O) groups is 1. The van der Waals surface area contributed by atoms with Crippen molar-refractivity contribution >= 4 is 11.6 Å². The SMILES string of the molecule is Nc1ccccc1C(=O)NCCC12CC3CC(CC(C3)C1)C2. The number of rotatable bonds is 4. The highest BCUT2D eigenvalue weighted by Gasteiger charge is 2.50. The van der Waals surface area contributed by atoms with Gasteiger partial charge in [-0.25, -0.2) is 0 Å². The molecular weight excluding hydrogens is 272 g/mol. The lowest BCUT2D eigenvalue weighted by Gasteiger charge is -2.57. The number of nitrogens with one attached hydrogen (secondary N) is 1. The van der Waals surface area contributed by atoms with Crippen molar-refractivity contribution < 1.29 is 4.79 Å². The van der Waals surface area contributed by atoms with Crippen LogP contribution in [0.15, 0.2) is 24.3 Å². The van der Waals surface area contributed by atoms with Crippen LogP contribution in [0.4, 0.5) is 5.69 Å². The third kappa shape index (κ3) is 2.51. The predicted molar refractivity (Wildman–Crippen MR) is 88.4 cm³/mol. The lowest BCUT2D eigenvalue weighted by atomic mass is 9.49. The number of para-hydroxylation sites is 1. The fourth-order valence-electron chi connectivity index (χ4n) is 5.84. The van der Waals surface area contributed by atoms with Crippen LogP contribution in [0.5, 0.6) is 0 Å². The van der Waals surface area contributed by atoms with E-state index < -0.39 is 0 Å². The van der Waals surface area contributed by atoms with Crippen molar-refractivity contribution in [3.8, 4) is 0 Å². The lowest BCUT2D eigenvalue weighted by molar-refractivity contribution is -0.0564. The van der Waals surface area contributed by atoms with Gasteiger partial charge in [0.15, 0.2) is 0 Å². The van der Waals surface area contributed by atoms with Crippen LogP contribution in [-0.2, 0) is 0 Å². The molecule has 4 aliphatic rings. The molecule has 1 aromatic carbocycles. The number of benzene rings is 1. The molecule has 0 unspecified atom stereocenters. The topological polar surface area (TPSA) is 55.1 Å². The fraction of sp³-hybridized carbons (Fsp3) is 0.632. The van der Waals surface area contributed by atoms with Crippen LogP contribution >= 0.6 is 0 Å². The maximum absolute atomic E-state index is 12.3. The summed E-state index contributed by atoms with van der Waals surface area (Å²) in [6.07, 6.45) is 9.80. The minimum atomic E-state index is -0.0252. The highest BCUT2D eigenvalue weighted by molar-refractivity contribution is 5.99. The summed E-state index contributed by atoms with van der Waals surface area (Å²) in [6, 6.07) is 7.31. The number of carbonyl (C=O) groups excluding carboxylic acids is 1. The molecule has 4 aliphatic carbocycles. The molecular formula is C19H26N2O. The number of nitrogens with two attached hydrogens (primary N) is 1. The Labute approximate surface area is 132 Å². The van der Waals surface area contributed by atoms with E-state index in [0.717, 1.165) is 30.7 Å². The van der Waals surface area contributed by atoms with Gasteiger partial charge in [0, 0.05) is 12.2 Å². The van der Waals surface area contributed by atoms with Gasteiger partial charge in [0.2, 0.25) is 0 Å². The Bertz CT molecular complexity index is 545. The van der Waals surface area contributed by atoms with E-state index in [4.69, 9.17) is 5.73 Å². The molecule has 4 fully saturated rings. The first-order valence-electron chi connectivity index (χ1n) is 8.76. The molecule has 3 nitrogen and oxygen atoms in total. The van der Waals surface area contributed by atoms with Crippen molar-refractivity contribution in [2.24, 2.45) is 23.2 Å². The van der Waals surface area contributed by atoms with E-state index >= 15 is 0 Å². The van der Waals surface area contributed by atoms with Crippen LogP contribution in [0.1, 0.15) is 55.3 Å².